The van der Waals surface area contributed by atoms with E-state index in [9.17, 15) is 9.59 Å². The summed E-state index contributed by atoms with van der Waals surface area (Å²) in [5, 5.41) is 2.68. The highest BCUT2D eigenvalue weighted by molar-refractivity contribution is 5.89. The maximum Gasteiger partial charge on any atom is 0.227 e. The van der Waals surface area contributed by atoms with E-state index in [2.05, 4.69) is 5.32 Å². The summed E-state index contributed by atoms with van der Waals surface area (Å²) in [6.07, 6.45) is 1.08. The van der Waals surface area contributed by atoms with Crippen molar-refractivity contribution < 1.29 is 14.3 Å². The number of benzene rings is 1. The molecule has 1 aliphatic heterocycles. The molecule has 5 heteroatoms. The average Bonchev–Trinajstić information content (AvgIpc) is 2.90. The van der Waals surface area contributed by atoms with Crippen LogP contribution in [0, 0.1) is 5.92 Å². The van der Waals surface area contributed by atoms with Gasteiger partial charge < -0.3 is 15.0 Å². The molecule has 1 aliphatic rings. The summed E-state index contributed by atoms with van der Waals surface area (Å²) in [7, 11) is 1.77. The lowest BCUT2D eigenvalue weighted by atomic mass is 10.1. The molecule has 0 saturated carbocycles. The van der Waals surface area contributed by atoms with Crippen LogP contribution < -0.4 is 10.1 Å². The summed E-state index contributed by atoms with van der Waals surface area (Å²) in [6, 6.07) is 9.61. The van der Waals surface area contributed by atoms with Crippen LogP contribution in [0.25, 0.3) is 0 Å². The number of para-hydroxylation sites is 1. The van der Waals surface area contributed by atoms with E-state index in [1.807, 2.05) is 30.3 Å². The van der Waals surface area contributed by atoms with Crippen LogP contribution in [0.3, 0.4) is 0 Å². The minimum absolute atomic E-state index is 0.0306. The largest absolute Gasteiger partial charge is 0.494 e. The number of carbonyl (C=O) groups excluding carboxylic acids is 2. The number of rotatable bonds is 6. The van der Waals surface area contributed by atoms with Gasteiger partial charge in [0, 0.05) is 26.6 Å². The van der Waals surface area contributed by atoms with Crippen molar-refractivity contribution in [3.63, 3.8) is 0 Å². The molecule has 0 spiro atoms. The van der Waals surface area contributed by atoms with Gasteiger partial charge in [-0.3, -0.25) is 9.59 Å². The third kappa shape index (κ3) is 3.98. The van der Waals surface area contributed by atoms with Gasteiger partial charge in [-0.1, -0.05) is 18.2 Å². The number of carbonyl (C=O) groups is 2. The lowest BCUT2D eigenvalue weighted by Gasteiger charge is -2.20. The van der Waals surface area contributed by atoms with Gasteiger partial charge in [0.05, 0.1) is 12.5 Å². The van der Waals surface area contributed by atoms with Crippen LogP contribution in [0.4, 0.5) is 0 Å². The maximum absolute atomic E-state index is 12.0. The van der Waals surface area contributed by atoms with Crippen LogP contribution in [0.5, 0.6) is 5.75 Å². The van der Waals surface area contributed by atoms with Crippen LogP contribution in [-0.2, 0) is 9.59 Å². The highest BCUT2D eigenvalue weighted by Crippen LogP contribution is 2.12. The molecule has 2 rings (SSSR count). The van der Waals surface area contributed by atoms with Crippen LogP contribution in [0.15, 0.2) is 30.3 Å². The molecule has 1 unspecified atom stereocenters. The molecule has 1 atom stereocenters. The molecule has 0 bridgehead atoms. The molecule has 108 valence electrons. The first-order valence-corrected chi connectivity index (χ1v) is 6.86. The second-order valence-corrected chi connectivity index (χ2v) is 4.98. The molecular formula is C15H20N2O3. The normalized spacial score (nSPS) is 17.6. The molecule has 1 fully saturated rings. The van der Waals surface area contributed by atoms with Crippen molar-refractivity contribution in [2.24, 2.45) is 5.92 Å². The number of hydrogen-bond acceptors (Lipinski definition) is 3. The van der Waals surface area contributed by atoms with E-state index in [0.29, 0.717) is 26.1 Å². The van der Waals surface area contributed by atoms with Crippen LogP contribution >= 0.6 is 0 Å². The highest BCUT2D eigenvalue weighted by atomic mass is 16.5. The summed E-state index contributed by atoms with van der Waals surface area (Å²) in [4.78, 5) is 24.8. The zero-order chi connectivity index (χ0) is 14.4. The summed E-state index contributed by atoms with van der Waals surface area (Å²) >= 11 is 0. The van der Waals surface area contributed by atoms with Crippen molar-refractivity contribution in [3.05, 3.63) is 30.3 Å². The standard InChI is InChI=1S/C15H20N2O3/c1-17(15(19)12-10-14(18)16-11-12)8-5-9-20-13-6-3-2-4-7-13/h2-4,6-7,12H,5,8-11H2,1H3,(H,16,18). The van der Waals surface area contributed by atoms with Crippen LogP contribution in [0.2, 0.25) is 0 Å². The molecule has 1 saturated heterocycles. The lowest BCUT2D eigenvalue weighted by Crippen LogP contribution is -2.35. The molecule has 1 N–H and O–H groups in total. The number of amides is 2. The Morgan fingerprint density at radius 3 is 2.80 bits per heavy atom. The van der Waals surface area contributed by atoms with Gasteiger partial charge in [0.15, 0.2) is 0 Å². The smallest absolute Gasteiger partial charge is 0.227 e. The molecular weight excluding hydrogens is 256 g/mol. The molecule has 0 aromatic heterocycles. The third-order valence-corrected chi connectivity index (χ3v) is 3.35. The molecule has 1 aromatic rings. The summed E-state index contributed by atoms with van der Waals surface area (Å²) < 4.78 is 5.57. The number of nitrogens with zero attached hydrogens (tertiary/aromatic N) is 1. The van der Waals surface area contributed by atoms with Crippen molar-refractivity contribution in [1.82, 2.24) is 10.2 Å². The minimum atomic E-state index is -0.206. The fraction of sp³-hybridized carbons (Fsp3) is 0.467. The van der Waals surface area contributed by atoms with E-state index in [4.69, 9.17) is 4.74 Å². The van der Waals surface area contributed by atoms with Gasteiger partial charge in [0.2, 0.25) is 11.8 Å². The third-order valence-electron chi connectivity index (χ3n) is 3.35. The van der Waals surface area contributed by atoms with Crippen molar-refractivity contribution in [1.29, 1.82) is 0 Å². The van der Waals surface area contributed by atoms with Gasteiger partial charge in [-0.05, 0) is 18.6 Å². The van der Waals surface area contributed by atoms with Crippen molar-refractivity contribution in [2.75, 3.05) is 26.7 Å². The first kappa shape index (κ1) is 14.4. The quantitative estimate of drug-likeness (QED) is 0.790. The van der Waals surface area contributed by atoms with E-state index in [1.54, 1.807) is 11.9 Å². The summed E-state index contributed by atoms with van der Waals surface area (Å²) in [5.74, 6) is 0.627. The Labute approximate surface area is 118 Å². The highest BCUT2D eigenvalue weighted by Gasteiger charge is 2.29. The minimum Gasteiger partial charge on any atom is -0.494 e. The zero-order valence-corrected chi connectivity index (χ0v) is 11.7. The SMILES string of the molecule is CN(CCCOc1ccccc1)C(=O)C1CNC(=O)C1. The Morgan fingerprint density at radius 1 is 1.40 bits per heavy atom. The van der Waals surface area contributed by atoms with Gasteiger partial charge in [-0.15, -0.1) is 0 Å². The van der Waals surface area contributed by atoms with E-state index in [0.717, 1.165) is 12.2 Å². The molecule has 1 aromatic carbocycles. The van der Waals surface area contributed by atoms with Crippen molar-refractivity contribution >= 4 is 11.8 Å². The number of ether oxygens (including phenoxy) is 1. The predicted octanol–water partition coefficient (Wildman–Crippen LogP) is 1.05. The van der Waals surface area contributed by atoms with E-state index < -0.39 is 0 Å². The van der Waals surface area contributed by atoms with E-state index >= 15 is 0 Å². The fourth-order valence-electron chi connectivity index (χ4n) is 2.21. The summed E-state index contributed by atoms with van der Waals surface area (Å²) in [5.41, 5.74) is 0. The van der Waals surface area contributed by atoms with Gasteiger partial charge in [-0.2, -0.15) is 0 Å². The Bertz CT molecular complexity index is 461. The average molecular weight is 276 g/mol. The first-order valence-electron chi connectivity index (χ1n) is 6.86. The van der Waals surface area contributed by atoms with E-state index in [-0.39, 0.29) is 17.7 Å². The van der Waals surface area contributed by atoms with Gasteiger partial charge in [-0.25, -0.2) is 0 Å². The van der Waals surface area contributed by atoms with Gasteiger partial charge in [0.1, 0.15) is 5.75 Å². The lowest BCUT2D eigenvalue weighted by molar-refractivity contribution is -0.134. The predicted molar refractivity (Wildman–Crippen MR) is 75.3 cm³/mol. The second-order valence-electron chi connectivity index (χ2n) is 4.98. The first-order chi connectivity index (χ1) is 9.66. The summed E-state index contributed by atoms with van der Waals surface area (Å²) in [6.45, 7) is 1.67. The molecule has 2 amide bonds. The molecule has 0 aliphatic carbocycles. The Hall–Kier alpha value is -2.04. The van der Waals surface area contributed by atoms with Crippen LogP contribution in [0.1, 0.15) is 12.8 Å². The fourth-order valence-corrected chi connectivity index (χ4v) is 2.21. The number of hydrogen-bond donors (Lipinski definition) is 1. The molecule has 1 heterocycles. The molecule has 0 radical (unpaired) electrons. The molecule has 20 heavy (non-hydrogen) atoms. The molecule has 5 nitrogen and oxygen atoms in total. The van der Waals surface area contributed by atoms with Gasteiger partial charge >= 0.3 is 0 Å². The van der Waals surface area contributed by atoms with Gasteiger partial charge in [0.25, 0.3) is 0 Å². The Balaban J connectivity index is 1.66. The Morgan fingerprint density at radius 2 is 2.15 bits per heavy atom. The van der Waals surface area contributed by atoms with Crippen molar-refractivity contribution in [3.8, 4) is 5.75 Å². The second kappa shape index (κ2) is 6.93. The van der Waals surface area contributed by atoms with Crippen molar-refractivity contribution in [2.45, 2.75) is 12.8 Å². The zero-order valence-electron chi connectivity index (χ0n) is 11.7. The maximum atomic E-state index is 12.0. The van der Waals surface area contributed by atoms with E-state index in [1.165, 1.54) is 0 Å². The number of nitrogens with one attached hydrogen (secondary N) is 1. The monoisotopic (exact) mass is 276 g/mol. The van der Waals surface area contributed by atoms with Crippen LogP contribution in [-0.4, -0.2) is 43.5 Å². The Kier molecular flexibility index (Phi) is 4.98. The topological polar surface area (TPSA) is 58.6 Å².